The topological polar surface area (TPSA) is 46.3 Å². The van der Waals surface area contributed by atoms with Gasteiger partial charge in [0.25, 0.3) is 0 Å². The third kappa shape index (κ3) is 4.15. The number of para-hydroxylation sites is 1. The maximum atomic E-state index is 12.9. The Hall–Kier alpha value is -2.76. The number of aromatic nitrogens is 1. The van der Waals surface area contributed by atoms with Crippen LogP contribution in [0.25, 0.3) is 11.0 Å². The number of pyridine rings is 1. The maximum Gasteiger partial charge on any atom is 0.197 e. The van der Waals surface area contributed by atoms with Crippen molar-refractivity contribution in [2.24, 2.45) is 0 Å². The predicted octanol–water partition coefficient (Wildman–Crippen LogP) is 4.76. The summed E-state index contributed by atoms with van der Waals surface area (Å²) in [7, 11) is 0. The van der Waals surface area contributed by atoms with Crippen molar-refractivity contribution in [2.45, 2.75) is 26.6 Å². The molecule has 27 heavy (non-hydrogen) atoms. The van der Waals surface area contributed by atoms with Gasteiger partial charge in [0, 0.05) is 47.3 Å². The first-order valence-corrected chi connectivity index (χ1v) is 9.67. The average Bonchev–Trinajstić information content (AvgIpc) is 3.10. The van der Waals surface area contributed by atoms with E-state index >= 15 is 0 Å². The van der Waals surface area contributed by atoms with Gasteiger partial charge >= 0.3 is 0 Å². The smallest absolute Gasteiger partial charge is 0.197 e. The van der Waals surface area contributed by atoms with Crippen molar-refractivity contribution in [3.8, 4) is 0 Å². The first kappa shape index (κ1) is 17.6. The molecule has 4 rings (SSSR count). The fourth-order valence-electron chi connectivity index (χ4n) is 3.17. The highest BCUT2D eigenvalue weighted by Gasteiger charge is 2.14. The molecule has 0 aliphatic carbocycles. The van der Waals surface area contributed by atoms with E-state index < -0.39 is 0 Å². The number of thiophene rings is 1. The van der Waals surface area contributed by atoms with E-state index in [1.807, 2.05) is 36.4 Å². The summed E-state index contributed by atoms with van der Waals surface area (Å²) in [4.78, 5) is 21.8. The lowest BCUT2D eigenvalue weighted by Gasteiger charge is -2.21. The molecule has 0 aliphatic heterocycles. The van der Waals surface area contributed by atoms with Gasteiger partial charge in [-0.05, 0) is 48.9 Å². The van der Waals surface area contributed by atoms with E-state index in [0.717, 1.165) is 13.1 Å². The summed E-state index contributed by atoms with van der Waals surface area (Å²) < 4.78 is 5.69. The number of aryl methyl sites for hydroxylation is 1. The molecule has 3 heterocycles. The highest BCUT2D eigenvalue weighted by molar-refractivity contribution is 7.11. The lowest BCUT2D eigenvalue weighted by Crippen LogP contribution is -2.25. The van der Waals surface area contributed by atoms with E-state index in [4.69, 9.17) is 4.42 Å². The van der Waals surface area contributed by atoms with Crippen molar-refractivity contribution in [1.82, 2.24) is 9.88 Å². The molecular formula is C22H20N2O2S. The second-order valence-corrected chi connectivity index (χ2v) is 7.97. The summed E-state index contributed by atoms with van der Waals surface area (Å²) in [5.41, 5.74) is 2.51. The lowest BCUT2D eigenvalue weighted by molar-refractivity contribution is 0.247. The van der Waals surface area contributed by atoms with E-state index in [2.05, 4.69) is 28.9 Å². The van der Waals surface area contributed by atoms with Crippen molar-refractivity contribution in [1.29, 1.82) is 0 Å². The Morgan fingerprint density at radius 2 is 1.81 bits per heavy atom. The predicted molar refractivity (Wildman–Crippen MR) is 109 cm³/mol. The van der Waals surface area contributed by atoms with Gasteiger partial charge in [-0.3, -0.25) is 14.7 Å². The van der Waals surface area contributed by atoms with Gasteiger partial charge in [0.1, 0.15) is 5.58 Å². The molecular weight excluding hydrogens is 356 g/mol. The molecule has 0 radical (unpaired) electrons. The number of hydrogen-bond acceptors (Lipinski definition) is 5. The van der Waals surface area contributed by atoms with Crippen LogP contribution >= 0.6 is 11.3 Å². The Labute approximate surface area is 161 Å². The zero-order chi connectivity index (χ0) is 18.6. The van der Waals surface area contributed by atoms with Crippen LogP contribution in [0.5, 0.6) is 0 Å². The van der Waals surface area contributed by atoms with Gasteiger partial charge in [-0.1, -0.05) is 12.1 Å². The molecule has 3 aromatic heterocycles. The summed E-state index contributed by atoms with van der Waals surface area (Å²) in [5.74, 6) is 0. The van der Waals surface area contributed by atoms with E-state index in [9.17, 15) is 4.79 Å². The second kappa shape index (κ2) is 7.86. The van der Waals surface area contributed by atoms with Gasteiger partial charge in [0.05, 0.1) is 11.6 Å². The largest absolute Gasteiger partial charge is 0.464 e. The molecule has 0 aliphatic rings. The fourth-order valence-corrected chi connectivity index (χ4v) is 4.11. The van der Waals surface area contributed by atoms with Crippen LogP contribution in [0, 0.1) is 6.92 Å². The highest BCUT2D eigenvalue weighted by Crippen LogP contribution is 2.20. The van der Waals surface area contributed by atoms with Crippen molar-refractivity contribution >= 4 is 22.3 Å². The van der Waals surface area contributed by atoms with Gasteiger partial charge in [0.2, 0.25) is 0 Å². The molecule has 0 bridgehead atoms. The Bertz CT molecular complexity index is 1100. The Morgan fingerprint density at radius 1 is 1.00 bits per heavy atom. The van der Waals surface area contributed by atoms with Crippen LogP contribution in [0.4, 0.5) is 0 Å². The summed E-state index contributed by atoms with van der Waals surface area (Å²) in [6, 6.07) is 15.7. The van der Waals surface area contributed by atoms with E-state index in [0.29, 0.717) is 23.1 Å². The standard InChI is InChI=1S/C22H20N2O2S/c1-16-6-7-19(27-16)14-24(12-17-8-10-23-11-9-17)13-18-15-26-21-5-3-2-4-20(21)22(18)25/h2-11,15H,12-14H2,1H3. The van der Waals surface area contributed by atoms with Crippen molar-refractivity contribution < 1.29 is 4.42 Å². The first-order valence-electron chi connectivity index (χ1n) is 8.85. The van der Waals surface area contributed by atoms with E-state index in [1.165, 1.54) is 15.3 Å². The summed E-state index contributed by atoms with van der Waals surface area (Å²) in [6.45, 7) is 4.17. The Kier molecular flexibility index (Phi) is 5.14. The van der Waals surface area contributed by atoms with E-state index in [1.54, 1.807) is 30.0 Å². The molecule has 0 amide bonds. The molecule has 0 atom stereocenters. The second-order valence-electron chi connectivity index (χ2n) is 6.60. The van der Waals surface area contributed by atoms with Crippen LogP contribution in [0.15, 0.2) is 76.4 Å². The number of fused-ring (bicyclic) bond motifs is 1. The molecule has 4 nitrogen and oxygen atoms in total. The molecule has 1 aromatic carbocycles. The SMILES string of the molecule is Cc1ccc(CN(Cc2ccncc2)Cc2coc3ccccc3c2=O)s1. The first-order chi connectivity index (χ1) is 13.2. The fraction of sp³-hybridized carbons (Fsp3) is 0.182. The van der Waals surface area contributed by atoms with Crippen molar-refractivity contribution in [3.63, 3.8) is 0 Å². The minimum Gasteiger partial charge on any atom is -0.464 e. The van der Waals surface area contributed by atoms with Crippen molar-refractivity contribution in [2.75, 3.05) is 0 Å². The maximum absolute atomic E-state index is 12.9. The van der Waals surface area contributed by atoms with Crippen LogP contribution in [0.2, 0.25) is 0 Å². The summed E-state index contributed by atoms with van der Waals surface area (Å²) >= 11 is 1.79. The lowest BCUT2D eigenvalue weighted by atomic mass is 10.1. The molecule has 0 fully saturated rings. The quantitative estimate of drug-likeness (QED) is 0.487. The minimum absolute atomic E-state index is 0.0407. The number of hydrogen-bond donors (Lipinski definition) is 0. The minimum atomic E-state index is 0.0407. The average molecular weight is 376 g/mol. The molecule has 0 spiro atoms. The molecule has 4 aromatic rings. The third-order valence-corrected chi connectivity index (χ3v) is 5.46. The van der Waals surface area contributed by atoms with Crippen LogP contribution in [-0.4, -0.2) is 9.88 Å². The normalized spacial score (nSPS) is 11.3. The van der Waals surface area contributed by atoms with E-state index in [-0.39, 0.29) is 5.43 Å². The summed E-state index contributed by atoms with van der Waals surface area (Å²) in [5, 5.41) is 0.630. The zero-order valence-electron chi connectivity index (χ0n) is 15.1. The van der Waals surface area contributed by atoms with Crippen LogP contribution < -0.4 is 5.43 Å². The zero-order valence-corrected chi connectivity index (χ0v) is 15.9. The van der Waals surface area contributed by atoms with Gasteiger partial charge in [-0.15, -0.1) is 11.3 Å². The van der Waals surface area contributed by atoms with Crippen molar-refractivity contribution in [3.05, 3.63) is 98.3 Å². The summed E-state index contributed by atoms with van der Waals surface area (Å²) in [6.07, 6.45) is 5.20. The third-order valence-electron chi connectivity index (χ3n) is 4.48. The molecule has 136 valence electrons. The Morgan fingerprint density at radius 3 is 2.59 bits per heavy atom. The molecule has 0 saturated heterocycles. The number of nitrogens with zero attached hydrogens (tertiary/aromatic N) is 2. The molecule has 5 heteroatoms. The van der Waals surface area contributed by atoms with Gasteiger partial charge < -0.3 is 4.42 Å². The van der Waals surface area contributed by atoms with Crippen LogP contribution in [-0.2, 0) is 19.6 Å². The highest BCUT2D eigenvalue weighted by atomic mass is 32.1. The molecule has 0 N–H and O–H groups in total. The monoisotopic (exact) mass is 376 g/mol. The molecule has 0 saturated carbocycles. The number of benzene rings is 1. The van der Waals surface area contributed by atoms with Gasteiger partial charge in [-0.2, -0.15) is 0 Å². The van der Waals surface area contributed by atoms with Gasteiger partial charge in [-0.25, -0.2) is 0 Å². The van der Waals surface area contributed by atoms with Crippen LogP contribution in [0.3, 0.4) is 0 Å². The number of rotatable bonds is 6. The molecule has 0 unspecified atom stereocenters. The Balaban J connectivity index is 1.64. The van der Waals surface area contributed by atoms with Gasteiger partial charge in [0.15, 0.2) is 5.43 Å². The van der Waals surface area contributed by atoms with Crippen LogP contribution in [0.1, 0.15) is 20.9 Å².